The first-order chi connectivity index (χ1) is 8.49. The van der Waals surface area contributed by atoms with Crippen molar-refractivity contribution in [2.45, 2.75) is 19.3 Å². The SMILES string of the molecule is CC(C)(CNc1ncc(N)cc1Cl)c1cccs1. The van der Waals surface area contributed by atoms with E-state index in [9.17, 15) is 0 Å². The van der Waals surface area contributed by atoms with Crippen molar-refractivity contribution in [3.8, 4) is 0 Å². The van der Waals surface area contributed by atoms with Crippen molar-refractivity contribution in [3.05, 3.63) is 39.7 Å². The molecule has 0 unspecified atom stereocenters. The van der Waals surface area contributed by atoms with Gasteiger partial charge in [-0.2, -0.15) is 0 Å². The third-order valence-corrected chi connectivity index (χ3v) is 4.27. The Morgan fingerprint density at radius 2 is 2.28 bits per heavy atom. The van der Waals surface area contributed by atoms with Gasteiger partial charge in [0, 0.05) is 16.8 Å². The van der Waals surface area contributed by atoms with Crippen LogP contribution in [-0.2, 0) is 5.41 Å². The Kier molecular flexibility index (Phi) is 3.78. The number of hydrogen-bond donors (Lipinski definition) is 2. The molecule has 3 nitrogen and oxygen atoms in total. The van der Waals surface area contributed by atoms with Crippen molar-refractivity contribution in [2.24, 2.45) is 0 Å². The summed E-state index contributed by atoms with van der Waals surface area (Å²) in [5, 5.41) is 5.92. The maximum absolute atomic E-state index is 6.08. The highest BCUT2D eigenvalue weighted by molar-refractivity contribution is 7.10. The van der Waals surface area contributed by atoms with E-state index in [1.54, 1.807) is 23.6 Å². The number of rotatable bonds is 4. The summed E-state index contributed by atoms with van der Waals surface area (Å²) in [7, 11) is 0. The number of halogens is 1. The molecular weight excluding hydrogens is 266 g/mol. The molecule has 0 aromatic carbocycles. The van der Waals surface area contributed by atoms with Crippen molar-refractivity contribution in [2.75, 3.05) is 17.6 Å². The number of thiophene rings is 1. The Morgan fingerprint density at radius 1 is 1.50 bits per heavy atom. The molecule has 0 spiro atoms. The Morgan fingerprint density at radius 3 is 2.89 bits per heavy atom. The quantitative estimate of drug-likeness (QED) is 0.897. The fraction of sp³-hybridized carbons (Fsp3) is 0.308. The van der Waals surface area contributed by atoms with Crippen LogP contribution in [0.5, 0.6) is 0 Å². The Bertz CT molecular complexity index is 523. The highest BCUT2D eigenvalue weighted by Gasteiger charge is 2.21. The number of nitrogen functional groups attached to an aromatic ring is 1. The summed E-state index contributed by atoms with van der Waals surface area (Å²) in [4.78, 5) is 5.53. The monoisotopic (exact) mass is 281 g/mol. The van der Waals surface area contributed by atoms with Crippen LogP contribution in [0, 0.1) is 0 Å². The maximum atomic E-state index is 6.08. The number of nitrogens with one attached hydrogen (secondary N) is 1. The molecule has 2 aromatic rings. The van der Waals surface area contributed by atoms with Crippen molar-refractivity contribution in [3.63, 3.8) is 0 Å². The van der Waals surface area contributed by atoms with Gasteiger partial charge in [0.15, 0.2) is 0 Å². The third-order valence-electron chi connectivity index (χ3n) is 2.75. The molecule has 0 bridgehead atoms. The Labute approximate surface area is 116 Å². The number of anilines is 2. The Hall–Kier alpha value is -1.26. The second kappa shape index (κ2) is 5.16. The lowest BCUT2D eigenvalue weighted by Crippen LogP contribution is -2.27. The number of pyridine rings is 1. The number of aromatic nitrogens is 1. The summed E-state index contributed by atoms with van der Waals surface area (Å²) < 4.78 is 0. The molecule has 0 aliphatic carbocycles. The largest absolute Gasteiger partial charge is 0.397 e. The lowest BCUT2D eigenvalue weighted by molar-refractivity contribution is 0.568. The van der Waals surface area contributed by atoms with Crippen LogP contribution in [0.15, 0.2) is 29.8 Å². The van der Waals surface area contributed by atoms with Crippen LogP contribution in [-0.4, -0.2) is 11.5 Å². The topological polar surface area (TPSA) is 50.9 Å². The summed E-state index contributed by atoms with van der Waals surface area (Å²) in [6, 6.07) is 5.91. The van der Waals surface area contributed by atoms with Crippen LogP contribution in [0.4, 0.5) is 11.5 Å². The Balaban J connectivity index is 2.07. The van der Waals surface area contributed by atoms with Gasteiger partial charge < -0.3 is 11.1 Å². The molecule has 96 valence electrons. The van der Waals surface area contributed by atoms with Crippen LogP contribution >= 0.6 is 22.9 Å². The zero-order chi connectivity index (χ0) is 13.2. The van der Waals surface area contributed by atoms with E-state index in [4.69, 9.17) is 17.3 Å². The molecule has 0 saturated carbocycles. The lowest BCUT2D eigenvalue weighted by atomic mass is 9.91. The van der Waals surface area contributed by atoms with Gasteiger partial charge in [0.25, 0.3) is 0 Å². The minimum Gasteiger partial charge on any atom is -0.397 e. The maximum Gasteiger partial charge on any atom is 0.144 e. The molecule has 2 rings (SSSR count). The van der Waals surface area contributed by atoms with Crippen molar-refractivity contribution in [1.29, 1.82) is 0 Å². The number of nitrogens with two attached hydrogens (primary N) is 1. The van der Waals surface area contributed by atoms with Gasteiger partial charge in [0.05, 0.1) is 16.9 Å². The fourth-order valence-corrected chi connectivity index (χ4v) is 2.73. The van der Waals surface area contributed by atoms with Crippen LogP contribution in [0.25, 0.3) is 0 Å². The molecule has 2 heterocycles. The molecule has 0 radical (unpaired) electrons. The molecule has 0 fully saturated rings. The number of hydrogen-bond acceptors (Lipinski definition) is 4. The summed E-state index contributed by atoms with van der Waals surface area (Å²) in [6.45, 7) is 5.15. The summed E-state index contributed by atoms with van der Waals surface area (Å²) in [5.41, 5.74) is 6.23. The van der Waals surface area contributed by atoms with Crippen molar-refractivity contribution >= 4 is 34.4 Å². The molecule has 0 atom stereocenters. The normalized spacial score (nSPS) is 11.5. The predicted molar refractivity (Wildman–Crippen MR) is 79.5 cm³/mol. The van der Waals surface area contributed by atoms with Crippen LogP contribution < -0.4 is 11.1 Å². The lowest BCUT2D eigenvalue weighted by Gasteiger charge is -2.24. The van der Waals surface area contributed by atoms with E-state index in [-0.39, 0.29) is 5.41 Å². The van der Waals surface area contributed by atoms with Gasteiger partial charge in [-0.15, -0.1) is 11.3 Å². The predicted octanol–water partition coefficient (Wildman–Crippen LogP) is 3.77. The van der Waals surface area contributed by atoms with Crippen LogP contribution in [0.3, 0.4) is 0 Å². The minimum absolute atomic E-state index is 0.0422. The van der Waals surface area contributed by atoms with E-state index < -0.39 is 0 Å². The molecule has 18 heavy (non-hydrogen) atoms. The average Bonchev–Trinajstić information content (AvgIpc) is 2.82. The van der Waals surface area contributed by atoms with Crippen molar-refractivity contribution in [1.82, 2.24) is 4.98 Å². The highest BCUT2D eigenvalue weighted by atomic mass is 35.5. The summed E-state index contributed by atoms with van der Waals surface area (Å²) in [6.07, 6.45) is 1.60. The second-order valence-corrected chi connectivity index (χ2v) is 6.17. The average molecular weight is 282 g/mol. The summed E-state index contributed by atoms with van der Waals surface area (Å²) >= 11 is 7.84. The molecule has 5 heteroatoms. The van der Waals surface area contributed by atoms with Gasteiger partial charge in [-0.3, -0.25) is 0 Å². The molecule has 0 aliphatic heterocycles. The van der Waals surface area contributed by atoms with E-state index in [2.05, 4.69) is 41.7 Å². The van der Waals surface area contributed by atoms with Gasteiger partial charge in [0.1, 0.15) is 5.82 Å². The standard InChI is InChI=1S/C13H16ClN3S/c1-13(2,11-4-3-5-18-11)8-17-12-10(14)6-9(15)7-16-12/h3-7H,8,15H2,1-2H3,(H,16,17). The molecule has 0 amide bonds. The van der Waals surface area contributed by atoms with E-state index in [1.807, 2.05) is 0 Å². The van der Waals surface area contributed by atoms with Gasteiger partial charge in [-0.05, 0) is 17.5 Å². The smallest absolute Gasteiger partial charge is 0.144 e. The van der Waals surface area contributed by atoms with Gasteiger partial charge in [-0.25, -0.2) is 4.98 Å². The molecular formula is C13H16ClN3S. The third kappa shape index (κ3) is 2.94. The zero-order valence-electron chi connectivity index (χ0n) is 10.4. The number of nitrogens with zero attached hydrogens (tertiary/aromatic N) is 1. The van der Waals surface area contributed by atoms with Crippen molar-refractivity contribution < 1.29 is 0 Å². The fourth-order valence-electron chi connectivity index (χ4n) is 1.64. The van der Waals surface area contributed by atoms with E-state index >= 15 is 0 Å². The van der Waals surface area contributed by atoms with E-state index in [0.29, 0.717) is 16.5 Å². The first-order valence-electron chi connectivity index (χ1n) is 5.68. The highest BCUT2D eigenvalue weighted by Crippen LogP contribution is 2.29. The van der Waals surface area contributed by atoms with Gasteiger partial charge >= 0.3 is 0 Å². The van der Waals surface area contributed by atoms with E-state index in [0.717, 1.165) is 6.54 Å². The molecule has 2 aromatic heterocycles. The first-order valence-corrected chi connectivity index (χ1v) is 6.94. The molecule has 3 N–H and O–H groups in total. The second-order valence-electron chi connectivity index (χ2n) is 4.81. The van der Waals surface area contributed by atoms with E-state index in [1.165, 1.54) is 4.88 Å². The zero-order valence-corrected chi connectivity index (χ0v) is 12.0. The molecule has 0 saturated heterocycles. The first kappa shape index (κ1) is 13.2. The molecule has 0 aliphatic rings. The van der Waals surface area contributed by atoms with Crippen LogP contribution in [0.2, 0.25) is 5.02 Å². The minimum atomic E-state index is 0.0422. The summed E-state index contributed by atoms with van der Waals surface area (Å²) in [5.74, 6) is 0.676. The van der Waals surface area contributed by atoms with Gasteiger partial charge in [0.2, 0.25) is 0 Å². The van der Waals surface area contributed by atoms with Gasteiger partial charge in [-0.1, -0.05) is 31.5 Å². The van der Waals surface area contributed by atoms with Crippen LogP contribution in [0.1, 0.15) is 18.7 Å².